The zero-order valence-electron chi connectivity index (χ0n) is 23.2. The predicted octanol–water partition coefficient (Wildman–Crippen LogP) is 6.08. The molecule has 1 unspecified atom stereocenters. The van der Waals surface area contributed by atoms with Crippen LogP contribution in [0.3, 0.4) is 0 Å². The van der Waals surface area contributed by atoms with Crippen LogP contribution in [-0.2, 0) is 0 Å². The van der Waals surface area contributed by atoms with E-state index in [1.165, 1.54) is 29.5 Å². The molecule has 0 aliphatic carbocycles. The fourth-order valence-corrected chi connectivity index (χ4v) is 6.48. The maximum Gasteiger partial charge on any atom is 0.265 e. The Balaban J connectivity index is 1.13. The van der Waals surface area contributed by atoms with Crippen molar-refractivity contribution < 1.29 is 28.6 Å². The molecule has 2 aliphatic heterocycles. The van der Waals surface area contributed by atoms with E-state index in [0.717, 1.165) is 48.1 Å². The summed E-state index contributed by atoms with van der Waals surface area (Å²) < 4.78 is 26.6. The third-order valence-electron chi connectivity index (χ3n) is 7.91. The van der Waals surface area contributed by atoms with Crippen molar-refractivity contribution in [3.63, 3.8) is 0 Å². The van der Waals surface area contributed by atoms with Gasteiger partial charge in [-0.25, -0.2) is 4.39 Å². The lowest BCUT2D eigenvalue weighted by atomic mass is 9.87. The Morgan fingerprint density at radius 1 is 0.976 bits per heavy atom. The maximum atomic E-state index is 14.7. The lowest BCUT2D eigenvalue weighted by Gasteiger charge is -2.33. The van der Waals surface area contributed by atoms with E-state index in [-0.39, 0.29) is 11.6 Å². The number of fused-ring (bicyclic) bond motifs is 2. The van der Waals surface area contributed by atoms with E-state index in [9.17, 15) is 19.1 Å². The molecule has 0 saturated carbocycles. The molecule has 10 heteroatoms. The molecule has 0 spiro atoms. The molecule has 1 aromatic heterocycles. The van der Waals surface area contributed by atoms with Crippen LogP contribution in [0.2, 0.25) is 0 Å². The highest BCUT2D eigenvalue weighted by Gasteiger charge is 2.26. The molecule has 3 N–H and O–H groups in total. The van der Waals surface area contributed by atoms with Crippen molar-refractivity contribution in [2.75, 3.05) is 43.5 Å². The fourth-order valence-electron chi connectivity index (χ4n) is 5.47. The number of amides is 2. The number of likely N-dealkylation sites (tertiary alicyclic amines) is 1. The van der Waals surface area contributed by atoms with E-state index in [4.69, 9.17) is 9.47 Å². The topological polar surface area (TPSA) is 100 Å². The number of halogens is 1. The number of thiophene rings is 1. The number of aliphatic hydroxyl groups is 1. The van der Waals surface area contributed by atoms with E-state index in [0.29, 0.717) is 40.8 Å². The number of nitrogens with zero attached hydrogens (tertiary/aromatic N) is 1. The van der Waals surface area contributed by atoms with Crippen LogP contribution in [0.5, 0.6) is 11.5 Å². The van der Waals surface area contributed by atoms with Gasteiger partial charge in [0, 0.05) is 16.0 Å². The SMILES string of the molecule is CCN1CCC(C(O)c2ccc3cc(C(=O)Nc4cc(NC(=O)c5ccc6c(c5)OCCO6)ccc4F)sc3c2)CC1. The second-order valence-corrected chi connectivity index (χ2v) is 11.7. The van der Waals surface area contributed by atoms with Gasteiger partial charge >= 0.3 is 0 Å². The Labute approximate surface area is 247 Å². The molecule has 2 aliphatic rings. The van der Waals surface area contributed by atoms with Crippen molar-refractivity contribution in [1.82, 2.24) is 4.90 Å². The maximum absolute atomic E-state index is 14.7. The molecule has 1 fully saturated rings. The van der Waals surface area contributed by atoms with Gasteiger partial charge in [-0.15, -0.1) is 11.3 Å². The van der Waals surface area contributed by atoms with Gasteiger partial charge in [-0.05, 0) is 97.9 Å². The normalized spacial score (nSPS) is 16.3. The number of nitrogens with one attached hydrogen (secondary N) is 2. The molecular weight excluding hydrogens is 557 g/mol. The van der Waals surface area contributed by atoms with Gasteiger partial charge in [0.1, 0.15) is 19.0 Å². The predicted molar refractivity (Wildman–Crippen MR) is 161 cm³/mol. The number of piperidine rings is 1. The van der Waals surface area contributed by atoms with Crippen LogP contribution < -0.4 is 20.1 Å². The number of benzene rings is 3. The van der Waals surface area contributed by atoms with Crippen molar-refractivity contribution in [3.8, 4) is 11.5 Å². The third kappa shape index (κ3) is 5.97. The number of aliphatic hydroxyl groups excluding tert-OH is 1. The van der Waals surface area contributed by atoms with Gasteiger partial charge in [-0.1, -0.05) is 19.1 Å². The summed E-state index contributed by atoms with van der Waals surface area (Å²) in [6, 6.07) is 16.4. The summed E-state index contributed by atoms with van der Waals surface area (Å²) >= 11 is 1.29. The number of hydrogen-bond acceptors (Lipinski definition) is 7. The smallest absolute Gasteiger partial charge is 0.265 e. The number of rotatable bonds is 7. The van der Waals surface area contributed by atoms with Gasteiger partial charge in [0.2, 0.25) is 0 Å². The highest BCUT2D eigenvalue weighted by atomic mass is 32.1. The van der Waals surface area contributed by atoms with Crippen molar-refractivity contribution in [2.24, 2.45) is 5.92 Å². The number of hydrogen-bond donors (Lipinski definition) is 3. The van der Waals surface area contributed by atoms with E-state index in [2.05, 4.69) is 22.5 Å². The molecule has 3 heterocycles. The standard InChI is InChI=1S/C32H32FN3O5S/c1-2-36-11-9-19(10-12-36)30(37)21-4-3-20-16-29(42-28(20)17-21)32(39)35-25-18-23(6-7-24(25)33)34-31(38)22-5-8-26-27(15-22)41-14-13-40-26/h3-8,15-19,30,37H,2,9-14H2,1H3,(H,34,38)(H,35,39). The fraction of sp³-hybridized carbons (Fsp3) is 0.312. The summed E-state index contributed by atoms with van der Waals surface area (Å²) in [5.41, 5.74) is 1.48. The van der Waals surface area contributed by atoms with Crippen molar-refractivity contribution in [1.29, 1.82) is 0 Å². The second kappa shape index (κ2) is 12.1. The monoisotopic (exact) mass is 589 g/mol. The molecule has 1 atom stereocenters. The molecule has 1 saturated heterocycles. The highest BCUT2D eigenvalue weighted by molar-refractivity contribution is 7.20. The first-order valence-corrected chi connectivity index (χ1v) is 15.0. The molecule has 0 radical (unpaired) electrons. The molecule has 0 bridgehead atoms. The summed E-state index contributed by atoms with van der Waals surface area (Å²) in [6.07, 6.45) is 1.35. The second-order valence-electron chi connectivity index (χ2n) is 10.6. The molecule has 8 nitrogen and oxygen atoms in total. The Bertz CT molecular complexity index is 1630. The van der Waals surface area contributed by atoms with Crippen LogP contribution in [0.15, 0.2) is 60.7 Å². The molecule has 218 valence electrons. The number of carbonyl (C=O) groups is 2. The molecule has 3 aromatic carbocycles. The Morgan fingerprint density at radius 3 is 2.55 bits per heavy atom. The molecule has 4 aromatic rings. The largest absolute Gasteiger partial charge is 0.486 e. The molecular formula is C32H32FN3O5S. The van der Waals surface area contributed by atoms with Crippen LogP contribution in [0.25, 0.3) is 10.1 Å². The third-order valence-corrected chi connectivity index (χ3v) is 9.01. The summed E-state index contributed by atoms with van der Waals surface area (Å²) in [5.74, 6) is -0.220. The van der Waals surface area contributed by atoms with Crippen LogP contribution in [0, 0.1) is 11.7 Å². The molecule has 2 amide bonds. The summed E-state index contributed by atoms with van der Waals surface area (Å²) in [7, 11) is 0. The lowest BCUT2D eigenvalue weighted by Crippen LogP contribution is -2.35. The first kappa shape index (κ1) is 28.1. The minimum Gasteiger partial charge on any atom is -0.486 e. The van der Waals surface area contributed by atoms with Crippen LogP contribution in [0.4, 0.5) is 15.8 Å². The summed E-state index contributed by atoms with van der Waals surface area (Å²) in [5, 5.41) is 17.3. The zero-order valence-corrected chi connectivity index (χ0v) is 24.0. The lowest BCUT2D eigenvalue weighted by molar-refractivity contribution is 0.0605. The first-order chi connectivity index (χ1) is 20.4. The average Bonchev–Trinajstić information content (AvgIpc) is 3.46. The van der Waals surface area contributed by atoms with Crippen LogP contribution in [-0.4, -0.2) is 54.7 Å². The number of anilines is 2. The molecule has 6 rings (SSSR count). The van der Waals surface area contributed by atoms with Crippen LogP contribution >= 0.6 is 11.3 Å². The van der Waals surface area contributed by atoms with Gasteiger partial charge in [-0.2, -0.15) is 0 Å². The molecule has 42 heavy (non-hydrogen) atoms. The van der Waals surface area contributed by atoms with Gasteiger partial charge in [0.25, 0.3) is 11.8 Å². The van der Waals surface area contributed by atoms with Crippen molar-refractivity contribution >= 4 is 44.6 Å². The minimum atomic E-state index is -0.624. The van der Waals surface area contributed by atoms with Crippen LogP contribution in [0.1, 0.15) is 51.5 Å². The summed E-state index contributed by atoms with van der Waals surface area (Å²) in [6.45, 7) is 6.02. The average molecular weight is 590 g/mol. The highest BCUT2D eigenvalue weighted by Crippen LogP contribution is 2.35. The van der Waals surface area contributed by atoms with Gasteiger partial charge in [0.15, 0.2) is 11.5 Å². The summed E-state index contributed by atoms with van der Waals surface area (Å²) in [4.78, 5) is 28.8. The van der Waals surface area contributed by atoms with Gasteiger partial charge in [-0.3, -0.25) is 9.59 Å². The van der Waals surface area contributed by atoms with E-state index in [1.54, 1.807) is 24.3 Å². The van der Waals surface area contributed by atoms with Crippen molar-refractivity contribution in [2.45, 2.75) is 25.9 Å². The van der Waals surface area contributed by atoms with E-state index < -0.39 is 23.7 Å². The minimum absolute atomic E-state index is 0.0491. The first-order valence-electron chi connectivity index (χ1n) is 14.1. The quantitative estimate of drug-likeness (QED) is 0.242. The van der Waals surface area contributed by atoms with E-state index >= 15 is 0 Å². The number of ether oxygens (including phenoxy) is 2. The number of carbonyl (C=O) groups excluding carboxylic acids is 2. The Hall–Kier alpha value is -3.99. The van der Waals surface area contributed by atoms with Crippen molar-refractivity contribution in [3.05, 3.63) is 82.5 Å². The zero-order chi connectivity index (χ0) is 29.2. The van der Waals surface area contributed by atoms with E-state index in [1.807, 2.05) is 18.2 Å². The Morgan fingerprint density at radius 2 is 1.76 bits per heavy atom. The Kier molecular flexibility index (Phi) is 8.10. The van der Waals surface area contributed by atoms with Gasteiger partial charge < -0.3 is 30.1 Å². The van der Waals surface area contributed by atoms with Gasteiger partial charge in [0.05, 0.1) is 16.7 Å².